The highest BCUT2D eigenvalue weighted by Gasteiger charge is 2.21. The van der Waals surface area contributed by atoms with Crippen molar-refractivity contribution in [2.24, 2.45) is 0 Å². The van der Waals surface area contributed by atoms with Crippen molar-refractivity contribution in [3.8, 4) is 11.5 Å². The minimum Gasteiger partial charge on any atom is -0.504 e. The molecule has 0 unspecified atom stereocenters. The molecule has 16 heavy (non-hydrogen) atoms. The second-order valence-corrected chi connectivity index (χ2v) is 5.09. The lowest BCUT2D eigenvalue weighted by Crippen LogP contribution is -2.11. The van der Waals surface area contributed by atoms with E-state index < -0.39 is 0 Å². The average molecular weight is 216 g/mol. The number of hydrogen-bond donors (Lipinski definition) is 2. The third-order valence-corrected chi connectivity index (χ3v) is 2.80. The lowest BCUT2D eigenvalue weighted by molar-refractivity contribution is 0.393. The van der Waals surface area contributed by atoms with Gasteiger partial charge in [0.15, 0.2) is 11.5 Å². The molecule has 2 aromatic carbocycles. The predicted octanol–water partition coefficient (Wildman–Crippen LogP) is 3.55. The molecule has 84 valence electrons. The Morgan fingerprint density at radius 3 is 2.19 bits per heavy atom. The average Bonchev–Trinajstić information content (AvgIpc) is 2.22. The van der Waals surface area contributed by atoms with E-state index in [1.807, 2.05) is 45.0 Å². The molecule has 2 heteroatoms. The Morgan fingerprint density at radius 1 is 0.938 bits per heavy atom. The van der Waals surface area contributed by atoms with E-state index in [1.54, 1.807) is 6.07 Å². The summed E-state index contributed by atoms with van der Waals surface area (Å²) in [5.74, 6) is -0.0331. The Hall–Kier alpha value is -1.70. The Balaban J connectivity index is 2.84. The molecule has 0 spiro atoms. The maximum atomic E-state index is 9.98. The zero-order chi connectivity index (χ0) is 11.9. The molecule has 0 aliphatic rings. The summed E-state index contributed by atoms with van der Waals surface area (Å²) < 4.78 is 0. The van der Waals surface area contributed by atoms with Gasteiger partial charge in [-0.3, -0.25) is 0 Å². The van der Waals surface area contributed by atoms with Gasteiger partial charge in [0, 0.05) is 10.9 Å². The Labute approximate surface area is 95.2 Å². The summed E-state index contributed by atoms with van der Waals surface area (Å²) in [6.45, 7) is 6.03. The quantitative estimate of drug-likeness (QED) is 0.661. The lowest BCUT2D eigenvalue weighted by atomic mass is 9.84. The molecule has 0 aromatic heterocycles. The van der Waals surface area contributed by atoms with Crippen molar-refractivity contribution >= 4 is 10.8 Å². The largest absolute Gasteiger partial charge is 0.504 e. The molecular formula is C14H16O2. The van der Waals surface area contributed by atoms with Gasteiger partial charge in [-0.15, -0.1) is 0 Å². The standard InChI is InChI=1S/C14H16O2/c1-14(2,3)11-8-9-6-4-5-7-10(9)12(15)13(11)16/h4-8,15-16H,1-3H3. The maximum absolute atomic E-state index is 9.98. The van der Waals surface area contributed by atoms with Crippen LogP contribution in [0.3, 0.4) is 0 Å². The molecule has 0 atom stereocenters. The number of benzene rings is 2. The fourth-order valence-corrected chi connectivity index (χ4v) is 1.89. The van der Waals surface area contributed by atoms with Gasteiger partial charge in [0.1, 0.15) is 0 Å². The first-order valence-electron chi connectivity index (χ1n) is 5.35. The van der Waals surface area contributed by atoms with Gasteiger partial charge in [0.05, 0.1) is 0 Å². The van der Waals surface area contributed by atoms with Gasteiger partial charge in [0.2, 0.25) is 0 Å². The van der Waals surface area contributed by atoms with Crippen LogP contribution in [0.2, 0.25) is 0 Å². The van der Waals surface area contributed by atoms with Gasteiger partial charge in [0.25, 0.3) is 0 Å². The summed E-state index contributed by atoms with van der Waals surface area (Å²) in [6.07, 6.45) is 0. The van der Waals surface area contributed by atoms with Crippen LogP contribution in [0, 0.1) is 0 Å². The van der Waals surface area contributed by atoms with Gasteiger partial charge in [-0.2, -0.15) is 0 Å². The Bertz CT molecular complexity index is 536. The molecular weight excluding hydrogens is 200 g/mol. The van der Waals surface area contributed by atoms with Crippen molar-refractivity contribution in [3.05, 3.63) is 35.9 Å². The molecule has 0 heterocycles. The summed E-state index contributed by atoms with van der Waals surface area (Å²) in [5.41, 5.74) is 0.578. The van der Waals surface area contributed by atoms with E-state index in [4.69, 9.17) is 0 Å². The van der Waals surface area contributed by atoms with Crippen LogP contribution in [-0.2, 0) is 5.41 Å². The van der Waals surface area contributed by atoms with Crippen LogP contribution in [-0.4, -0.2) is 10.2 Å². The number of hydrogen-bond acceptors (Lipinski definition) is 2. The topological polar surface area (TPSA) is 40.5 Å². The number of phenols is 2. The van der Waals surface area contributed by atoms with Crippen LogP contribution in [0.5, 0.6) is 11.5 Å². The molecule has 0 saturated heterocycles. The van der Waals surface area contributed by atoms with Crippen LogP contribution in [0.15, 0.2) is 30.3 Å². The van der Waals surface area contributed by atoms with Crippen LogP contribution < -0.4 is 0 Å². The van der Waals surface area contributed by atoms with Crippen molar-refractivity contribution in [2.45, 2.75) is 26.2 Å². The van der Waals surface area contributed by atoms with E-state index in [0.717, 1.165) is 10.9 Å². The van der Waals surface area contributed by atoms with Crippen molar-refractivity contribution in [1.82, 2.24) is 0 Å². The molecule has 0 radical (unpaired) electrons. The lowest BCUT2D eigenvalue weighted by Gasteiger charge is -2.21. The molecule has 0 bridgehead atoms. The van der Waals surface area contributed by atoms with Gasteiger partial charge >= 0.3 is 0 Å². The van der Waals surface area contributed by atoms with E-state index in [2.05, 4.69) is 0 Å². The fourth-order valence-electron chi connectivity index (χ4n) is 1.89. The van der Waals surface area contributed by atoms with Gasteiger partial charge < -0.3 is 10.2 Å². The number of phenolic OH excluding ortho intramolecular Hbond substituents is 2. The smallest absolute Gasteiger partial charge is 0.165 e. The number of aromatic hydroxyl groups is 2. The molecule has 0 fully saturated rings. The predicted molar refractivity (Wildman–Crippen MR) is 66.0 cm³/mol. The van der Waals surface area contributed by atoms with Crippen molar-refractivity contribution < 1.29 is 10.2 Å². The molecule has 0 aliphatic carbocycles. The zero-order valence-corrected chi connectivity index (χ0v) is 9.78. The maximum Gasteiger partial charge on any atom is 0.165 e. The van der Waals surface area contributed by atoms with Crippen molar-refractivity contribution in [3.63, 3.8) is 0 Å². The monoisotopic (exact) mass is 216 g/mol. The third-order valence-electron chi connectivity index (χ3n) is 2.80. The van der Waals surface area contributed by atoms with Gasteiger partial charge in [-0.1, -0.05) is 45.0 Å². The van der Waals surface area contributed by atoms with E-state index in [0.29, 0.717) is 5.39 Å². The first-order valence-corrected chi connectivity index (χ1v) is 5.35. The number of fused-ring (bicyclic) bond motifs is 1. The summed E-state index contributed by atoms with van der Waals surface area (Å²) in [4.78, 5) is 0. The van der Waals surface area contributed by atoms with E-state index >= 15 is 0 Å². The molecule has 0 saturated carbocycles. The third kappa shape index (κ3) is 1.60. The van der Waals surface area contributed by atoms with Crippen LogP contribution in [0.4, 0.5) is 0 Å². The van der Waals surface area contributed by atoms with E-state index in [9.17, 15) is 10.2 Å². The minimum absolute atomic E-state index is 0.00815. The highest BCUT2D eigenvalue weighted by atomic mass is 16.3. The summed E-state index contributed by atoms with van der Waals surface area (Å²) in [5, 5.41) is 21.6. The summed E-state index contributed by atoms with van der Waals surface area (Å²) >= 11 is 0. The molecule has 0 aliphatic heterocycles. The molecule has 2 rings (SSSR count). The Kier molecular flexibility index (Phi) is 2.30. The highest BCUT2D eigenvalue weighted by molar-refractivity contribution is 5.91. The van der Waals surface area contributed by atoms with Crippen molar-refractivity contribution in [2.75, 3.05) is 0 Å². The molecule has 2 aromatic rings. The SMILES string of the molecule is CC(C)(C)c1cc2ccccc2c(O)c1O. The van der Waals surface area contributed by atoms with Crippen molar-refractivity contribution in [1.29, 1.82) is 0 Å². The van der Waals surface area contributed by atoms with E-state index in [1.165, 1.54) is 0 Å². The van der Waals surface area contributed by atoms with Gasteiger partial charge in [-0.05, 0) is 16.9 Å². The van der Waals surface area contributed by atoms with Gasteiger partial charge in [-0.25, -0.2) is 0 Å². The second-order valence-electron chi connectivity index (χ2n) is 5.09. The Morgan fingerprint density at radius 2 is 1.56 bits per heavy atom. The molecule has 2 nitrogen and oxygen atoms in total. The second kappa shape index (κ2) is 3.41. The summed E-state index contributed by atoms with van der Waals surface area (Å²) in [7, 11) is 0. The van der Waals surface area contributed by atoms with Crippen LogP contribution in [0.1, 0.15) is 26.3 Å². The molecule has 0 amide bonds. The van der Waals surface area contributed by atoms with E-state index in [-0.39, 0.29) is 16.9 Å². The zero-order valence-electron chi connectivity index (χ0n) is 9.78. The minimum atomic E-state index is -0.189. The normalized spacial score (nSPS) is 11.9. The first-order chi connectivity index (χ1) is 7.41. The molecule has 2 N–H and O–H groups in total. The number of rotatable bonds is 0. The fraction of sp³-hybridized carbons (Fsp3) is 0.286. The summed E-state index contributed by atoms with van der Waals surface area (Å²) in [6, 6.07) is 9.44. The highest BCUT2D eigenvalue weighted by Crippen LogP contribution is 2.41. The van der Waals surface area contributed by atoms with Crippen LogP contribution >= 0.6 is 0 Å². The first kappa shape index (κ1) is 10.8. The van der Waals surface area contributed by atoms with Crippen LogP contribution in [0.25, 0.3) is 10.8 Å².